The number of aliphatic hydroxyl groups is 3. The normalized spacial score (nSPS) is 31.1. The van der Waals surface area contributed by atoms with Crippen LogP contribution in [0.15, 0.2) is 0 Å². The predicted molar refractivity (Wildman–Crippen MR) is 116 cm³/mol. The number of rotatable bonds is 13. The number of ether oxygens (including phenoxy) is 3. The molecule has 0 aromatic carbocycles. The number of fused-ring (bicyclic) bond motifs is 1. The molecule has 0 aromatic rings. The SMILES string of the molecule is CCCCCCCCCCC[C@H](O)CC(=O)N[C@@H]1[C@@H](O)[C@@H]2OC(C)(C)OC[C@H]2O[C@H]1O. The summed E-state index contributed by atoms with van der Waals surface area (Å²) < 4.78 is 16.7. The average Bonchev–Trinajstić information content (AvgIpc) is 2.70. The van der Waals surface area contributed by atoms with E-state index in [1.165, 1.54) is 38.5 Å². The first kappa shape index (κ1) is 26.5. The lowest BCUT2D eigenvalue weighted by molar-refractivity contribution is -0.364. The van der Waals surface area contributed by atoms with Crippen LogP contribution in [0.25, 0.3) is 0 Å². The van der Waals surface area contributed by atoms with Gasteiger partial charge >= 0.3 is 0 Å². The van der Waals surface area contributed by atoms with E-state index in [4.69, 9.17) is 14.2 Å². The average molecular weight is 446 g/mol. The van der Waals surface area contributed by atoms with Gasteiger partial charge in [0.1, 0.15) is 24.4 Å². The van der Waals surface area contributed by atoms with E-state index in [0.29, 0.717) is 6.42 Å². The Hall–Kier alpha value is -0.770. The second-order valence-corrected chi connectivity index (χ2v) is 9.42. The molecule has 0 unspecified atom stereocenters. The lowest BCUT2D eigenvalue weighted by Crippen LogP contribution is -2.68. The molecule has 2 aliphatic rings. The molecule has 8 nitrogen and oxygen atoms in total. The number of aliphatic hydroxyl groups excluding tert-OH is 3. The summed E-state index contributed by atoms with van der Waals surface area (Å²) in [6.07, 6.45) is 6.70. The van der Waals surface area contributed by atoms with Crippen molar-refractivity contribution in [3.05, 3.63) is 0 Å². The molecule has 0 aliphatic carbocycles. The Kier molecular flexibility index (Phi) is 11.2. The maximum absolute atomic E-state index is 12.3. The number of nitrogens with one attached hydrogen (secondary N) is 1. The van der Waals surface area contributed by atoms with E-state index in [-0.39, 0.29) is 13.0 Å². The molecule has 8 heteroatoms. The van der Waals surface area contributed by atoms with Crippen molar-refractivity contribution in [3.63, 3.8) is 0 Å². The molecule has 2 rings (SSSR count). The minimum Gasteiger partial charge on any atom is -0.393 e. The largest absolute Gasteiger partial charge is 0.393 e. The van der Waals surface area contributed by atoms with Crippen LogP contribution < -0.4 is 5.32 Å². The molecule has 182 valence electrons. The van der Waals surface area contributed by atoms with Crippen LogP contribution in [0, 0.1) is 0 Å². The fourth-order valence-corrected chi connectivity index (χ4v) is 4.27. The first-order chi connectivity index (χ1) is 14.7. The molecule has 0 saturated carbocycles. The van der Waals surface area contributed by atoms with E-state index in [9.17, 15) is 20.1 Å². The summed E-state index contributed by atoms with van der Waals surface area (Å²) in [6, 6.07) is -1.03. The molecule has 2 saturated heterocycles. The number of amides is 1. The molecule has 0 radical (unpaired) electrons. The second-order valence-electron chi connectivity index (χ2n) is 9.42. The zero-order valence-electron chi connectivity index (χ0n) is 19.4. The molecule has 2 aliphatic heterocycles. The Morgan fingerprint density at radius 1 is 1.06 bits per heavy atom. The Labute approximate surface area is 186 Å². The Morgan fingerprint density at radius 3 is 2.32 bits per heavy atom. The van der Waals surface area contributed by atoms with E-state index in [2.05, 4.69) is 12.2 Å². The lowest BCUT2D eigenvalue weighted by atomic mass is 9.95. The molecule has 31 heavy (non-hydrogen) atoms. The topological polar surface area (TPSA) is 117 Å². The van der Waals surface area contributed by atoms with E-state index in [0.717, 1.165) is 19.3 Å². The minimum absolute atomic E-state index is 0.0729. The maximum atomic E-state index is 12.3. The van der Waals surface area contributed by atoms with Crippen molar-refractivity contribution in [1.82, 2.24) is 5.32 Å². The molecular weight excluding hydrogens is 402 g/mol. The van der Waals surface area contributed by atoms with Gasteiger partial charge < -0.3 is 34.8 Å². The van der Waals surface area contributed by atoms with Crippen LogP contribution in [0.3, 0.4) is 0 Å². The summed E-state index contributed by atoms with van der Waals surface area (Å²) in [6.45, 7) is 5.87. The van der Waals surface area contributed by atoms with Crippen molar-refractivity contribution in [2.45, 2.75) is 134 Å². The predicted octanol–water partition coefficient (Wildman–Crippen LogP) is 2.37. The molecule has 2 heterocycles. The molecule has 2 fully saturated rings. The number of carbonyl (C=O) groups excluding carboxylic acids is 1. The highest BCUT2D eigenvalue weighted by molar-refractivity contribution is 5.76. The van der Waals surface area contributed by atoms with Crippen LogP contribution in [-0.4, -0.2) is 70.4 Å². The van der Waals surface area contributed by atoms with E-state index < -0.39 is 48.4 Å². The molecule has 4 N–H and O–H groups in total. The van der Waals surface area contributed by atoms with Gasteiger partial charge in [0.05, 0.1) is 19.1 Å². The summed E-state index contributed by atoms with van der Waals surface area (Å²) in [5, 5.41) is 33.6. The highest BCUT2D eigenvalue weighted by atomic mass is 16.7. The Balaban J connectivity index is 1.64. The van der Waals surface area contributed by atoms with Crippen LogP contribution >= 0.6 is 0 Å². The third-order valence-electron chi connectivity index (χ3n) is 6.10. The van der Waals surface area contributed by atoms with E-state index >= 15 is 0 Å². The van der Waals surface area contributed by atoms with Gasteiger partial charge in [-0.3, -0.25) is 4.79 Å². The molecule has 0 bridgehead atoms. The second kappa shape index (κ2) is 13.1. The van der Waals surface area contributed by atoms with Crippen molar-refractivity contribution in [3.8, 4) is 0 Å². The number of hydrogen-bond donors (Lipinski definition) is 4. The zero-order valence-corrected chi connectivity index (χ0v) is 19.4. The number of hydrogen-bond acceptors (Lipinski definition) is 7. The monoisotopic (exact) mass is 445 g/mol. The van der Waals surface area contributed by atoms with Gasteiger partial charge in [0.25, 0.3) is 0 Å². The first-order valence-electron chi connectivity index (χ1n) is 12.0. The zero-order chi connectivity index (χ0) is 22.9. The standard InChI is InChI=1S/C23H43NO7/c1-4-5-6-7-8-9-10-11-12-13-16(25)14-18(26)24-19-20(27)21-17(30-22(19)28)15-29-23(2,3)31-21/h16-17,19-22,25,27-28H,4-15H2,1-3H3,(H,24,26)/t16-,17+,19+,20+,21+,22+/m0/s1. The van der Waals surface area contributed by atoms with Crippen LogP contribution in [0.4, 0.5) is 0 Å². The Morgan fingerprint density at radius 2 is 1.68 bits per heavy atom. The van der Waals surface area contributed by atoms with Gasteiger partial charge in [-0.15, -0.1) is 0 Å². The third-order valence-corrected chi connectivity index (χ3v) is 6.10. The van der Waals surface area contributed by atoms with Gasteiger partial charge in [-0.2, -0.15) is 0 Å². The van der Waals surface area contributed by atoms with E-state index in [1.807, 2.05) is 0 Å². The van der Waals surface area contributed by atoms with Crippen LogP contribution in [0.2, 0.25) is 0 Å². The number of carbonyl (C=O) groups is 1. The van der Waals surface area contributed by atoms with Gasteiger partial charge in [-0.05, 0) is 20.3 Å². The number of unbranched alkanes of at least 4 members (excludes halogenated alkanes) is 8. The third kappa shape index (κ3) is 8.94. The summed E-state index contributed by atoms with van der Waals surface area (Å²) in [7, 11) is 0. The molecular formula is C23H43NO7. The molecule has 1 amide bonds. The fraction of sp³-hybridized carbons (Fsp3) is 0.957. The minimum atomic E-state index is -1.37. The quantitative estimate of drug-likeness (QED) is 0.322. The fourth-order valence-electron chi connectivity index (χ4n) is 4.27. The Bertz CT molecular complexity index is 530. The van der Waals surface area contributed by atoms with Crippen LogP contribution in [-0.2, 0) is 19.0 Å². The summed E-state index contributed by atoms with van der Waals surface area (Å²) in [4.78, 5) is 12.3. The molecule has 0 spiro atoms. The van der Waals surface area contributed by atoms with Gasteiger partial charge in [0.15, 0.2) is 12.1 Å². The van der Waals surface area contributed by atoms with Gasteiger partial charge in [0.2, 0.25) is 5.91 Å². The van der Waals surface area contributed by atoms with Gasteiger partial charge in [0, 0.05) is 0 Å². The summed E-state index contributed by atoms with van der Waals surface area (Å²) in [5.41, 5.74) is 0. The van der Waals surface area contributed by atoms with Crippen molar-refractivity contribution in [1.29, 1.82) is 0 Å². The van der Waals surface area contributed by atoms with Crippen molar-refractivity contribution in [2.24, 2.45) is 0 Å². The maximum Gasteiger partial charge on any atom is 0.223 e. The smallest absolute Gasteiger partial charge is 0.223 e. The highest BCUT2D eigenvalue weighted by Crippen LogP contribution is 2.31. The highest BCUT2D eigenvalue weighted by Gasteiger charge is 2.50. The van der Waals surface area contributed by atoms with Crippen LogP contribution in [0.1, 0.15) is 91.4 Å². The first-order valence-corrected chi connectivity index (χ1v) is 12.0. The lowest BCUT2D eigenvalue weighted by Gasteiger charge is -2.48. The molecule has 6 atom stereocenters. The van der Waals surface area contributed by atoms with Crippen molar-refractivity contribution < 1.29 is 34.3 Å². The van der Waals surface area contributed by atoms with E-state index in [1.54, 1.807) is 13.8 Å². The summed E-state index contributed by atoms with van der Waals surface area (Å²) in [5.74, 6) is -1.31. The molecule has 0 aromatic heterocycles. The van der Waals surface area contributed by atoms with Gasteiger partial charge in [-0.25, -0.2) is 0 Å². The van der Waals surface area contributed by atoms with Crippen molar-refractivity contribution >= 4 is 5.91 Å². The van der Waals surface area contributed by atoms with Gasteiger partial charge in [-0.1, -0.05) is 64.7 Å². The van der Waals surface area contributed by atoms with Crippen molar-refractivity contribution in [2.75, 3.05) is 6.61 Å². The van der Waals surface area contributed by atoms with Crippen LogP contribution in [0.5, 0.6) is 0 Å². The summed E-state index contributed by atoms with van der Waals surface area (Å²) >= 11 is 0.